The number of benzene rings is 2. The second kappa shape index (κ2) is 17.6. The third-order valence-corrected chi connectivity index (χ3v) is 12.4. The number of hydrogen-bond acceptors (Lipinski definition) is 10. The molecule has 3 aliphatic rings. The smallest absolute Gasteiger partial charge is 0.334 e. The monoisotopic (exact) mass is 856 g/mol. The number of methoxy groups -OCH3 is 2. The highest BCUT2D eigenvalue weighted by molar-refractivity contribution is 6.02. The fraction of sp³-hybridized carbons (Fsp3) is 0.231. The Hall–Kier alpha value is -7.60. The van der Waals surface area contributed by atoms with Gasteiger partial charge in [0.25, 0.3) is 0 Å². The topological polar surface area (TPSA) is 163 Å². The minimum absolute atomic E-state index is 0.0807. The van der Waals surface area contributed by atoms with Gasteiger partial charge in [0.15, 0.2) is 0 Å². The van der Waals surface area contributed by atoms with Crippen molar-refractivity contribution in [1.29, 1.82) is 0 Å². The number of aryl methyl sites for hydroxylation is 3. The summed E-state index contributed by atoms with van der Waals surface area (Å²) >= 11 is 0. The molecule has 8 bridgehead atoms. The molecule has 8 rings (SSSR count). The van der Waals surface area contributed by atoms with Crippen LogP contribution in [0.2, 0.25) is 0 Å². The van der Waals surface area contributed by atoms with E-state index in [1.807, 2.05) is 94.4 Å². The van der Waals surface area contributed by atoms with Crippen LogP contribution in [0, 0.1) is 19.8 Å². The SMILES string of the molecule is C=Cc1c(C)c2cc3nc(cc4[nH]c(cc5nc(cc1[nH]2)[C@]1(C)C5=CC=C(C(=O)OC)C1C(=O)OC)c(C)c4CCC(=O)Oc1ccccc1)C(CCC(=O)Oc1ccccc1)=C3C. The van der Waals surface area contributed by atoms with Gasteiger partial charge in [-0.15, -0.1) is 0 Å². The number of nitrogens with zero attached hydrogens (tertiary/aromatic N) is 2. The highest BCUT2D eigenvalue weighted by Gasteiger charge is 2.53. The van der Waals surface area contributed by atoms with E-state index in [1.54, 1.807) is 36.4 Å². The fourth-order valence-electron chi connectivity index (χ4n) is 8.92. The number of allylic oxidation sites excluding steroid dienone is 5. The molecule has 3 aromatic heterocycles. The minimum Gasteiger partial charge on any atom is -0.469 e. The zero-order valence-corrected chi connectivity index (χ0v) is 36.6. The maximum Gasteiger partial charge on any atom is 0.334 e. The quantitative estimate of drug-likeness (QED) is 0.0966. The van der Waals surface area contributed by atoms with Gasteiger partial charge in [-0.1, -0.05) is 61.2 Å². The molecule has 5 heterocycles. The Bertz CT molecular complexity index is 3010. The Balaban J connectivity index is 1.36. The Morgan fingerprint density at radius 1 is 0.703 bits per heavy atom. The Labute approximate surface area is 370 Å². The predicted octanol–water partition coefficient (Wildman–Crippen LogP) is 9.67. The van der Waals surface area contributed by atoms with E-state index in [4.69, 9.17) is 28.9 Å². The molecule has 5 aromatic rings. The van der Waals surface area contributed by atoms with Gasteiger partial charge in [-0.05, 0) is 122 Å². The molecule has 0 fully saturated rings. The lowest BCUT2D eigenvalue weighted by Crippen LogP contribution is -2.42. The molecule has 324 valence electrons. The lowest BCUT2D eigenvalue weighted by Gasteiger charge is -2.36. The maximum absolute atomic E-state index is 13.9. The summed E-state index contributed by atoms with van der Waals surface area (Å²) in [5.74, 6) is -2.20. The van der Waals surface area contributed by atoms with Crippen molar-refractivity contribution in [3.8, 4) is 11.5 Å². The van der Waals surface area contributed by atoms with Crippen molar-refractivity contribution >= 4 is 68.7 Å². The van der Waals surface area contributed by atoms with E-state index in [1.165, 1.54) is 14.2 Å². The number of fused-ring (bicyclic) bond motifs is 11. The van der Waals surface area contributed by atoms with Gasteiger partial charge < -0.3 is 28.9 Å². The number of carbonyl (C=O) groups excluding carboxylic acids is 4. The number of esters is 4. The third kappa shape index (κ3) is 7.98. The van der Waals surface area contributed by atoms with Crippen LogP contribution < -0.4 is 9.47 Å². The number of ether oxygens (including phenoxy) is 4. The molecule has 64 heavy (non-hydrogen) atoms. The van der Waals surface area contributed by atoms with Crippen LogP contribution in [0.1, 0.15) is 78.1 Å². The van der Waals surface area contributed by atoms with Gasteiger partial charge in [-0.25, -0.2) is 9.78 Å². The van der Waals surface area contributed by atoms with Crippen LogP contribution >= 0.6 is 0 Å². The minimum atomic E-state index is -1.18. The molecule has 0 radical (unpaired) electrons. The van der Waals surface area contributed by atoms with Gasteiger partial charge >= 0.3 is 23.9 Å². The number of aromatic nitrogens is 4. The van der Waals surface area contributed by atoms with Crippen LogP contribution in [0.3, 0.4) is 0 Å². The number of carbonyl (C=O) groups is 4. The zero-order valence-electron chi connectivity index (χ0n) is 36.6. The number of H-pyrrole nitrogens is 2. The zero-order chi connectivity index (χ0) is 45.3. The first kappa shape index (κ1) is 43.1. The highest BCUT2D eigenvalue weighted by Crippen LogP contribution is 2.52. The van der Waals surface area contributed by atoms with Crippen molar-refractivity contribution in [2.24, 2.45) is 5.92 Å². The number of nitrogens with one attached hydrogen (secondary N) is 2. The second-order valence-electron chi connectivity index (χ2n) is 16.1. The highest BCUT2D eigenvalue weighted by atomic mass is 16.5. The van der Waals surface area contributed by atoms with Crippen molar-refractivity contribution in [2.75, 3.05) is 14.2 Å². The van der Waals surface area contributed by atoms with E-state index in [9.17, 15) is 19.2 Å². The second-order valence-corrected chi connectivity index (χ2v) is 16.1. The normalized spacial score (nSPS) is 16.6. The van der Waals surface area contributed by atoms with E-state index < -0.39 is 29.2 Å². The summed E-state index contributed by atoms with van der Waals surface area (Å²) in [6, 6.07) is 25.7. The molecule has 2 aliphatic heterocycles. The molecule has 12 heteroatoms. The molecule has 1 unspecified atom stereocenters. The number of hydrogen-bond donors (Lipinski definition) is 2. The molecule has 0 saturated carbocycles. The molecule has 0 spiro atoms. The van der Waals surface area contributed by atoms with E-state index in [0.717, 1.165) is 38.9 Å². The van der Waals surface area contributed by atoms with E-state index in [0.29, 0.717) is 69.2 Å². The summed E-state index contributed by atoms with van der Waals surface area (Å²) in [6.45, 7) is 12.0. The third-order valence-electron chi connectivity index (χ3n) is 12.4. The summed E-state index contributed by atoms with van der Waals surface area (Å²) < 4.78 is 21.9. The summed E-state index contributed by atoms with van der Waals surface area (Å²) in [4.78, 5) is 71.2. The van der Waals surface area contributed by atoms with Crippen LogP contribution in [-0.4, -0.2) is 58.0 Å². The molecular weight excluding hydrogens is 809 g/mol. The molecule has 1 aliphatic carbocycles. The fourth-order valence-corrected chi connectivity index (χ4v) is 8.92. The maximum atomic E-state index is 13.9. The molecule has 0 amide bonds. The molecule has 2 aromatic carbocycles. The predicted molar refractivity (Wildman–Crippen MR) is 246 cm³/mol. The molecular formula is C52H48N4O8. The Morgan fingerprint density at radius 3 is 1.92 bits per heavy atom. The van der Waals surface area contributed by atoms with E-state index in [-0.39, 0.29) is 24.4 Å². The first-order valence-electron chi connectivity index (χ1n) is 21.0. The molecule has 2 N–H and O–H groups in total. The number of aromatic amines is 2. The van der Waals surface area contributed by atoms with E-state index >= 15 is 0 Å². The largest absolute Gasteiger partial charge is 0.469 e. The van der Waals surface area contributed by atoms with Crippen molar-refractivity contribution in [3.63, 3.8) is 0 Å². The van der Waals surface area contributed by atoms with Crippen LogP contribution in [-0.2, 0) is 40.5 Å². The van der Waals surface area contributed by atoms with Gasteiger partial charge in [0.2, 0.25) is 0 Å². The summed E-state index contributed by atoms with van der Waals surface area (Å²) in [5.41, 5.74) is 10.1. The van der Waals surface area contributed by atoms with Gasteiger partial charge in [-0.3, -0.25) is 19.4 Å². The van der Waals surface area contributed by atoms with Crippen molar-refractivity contribution in [3.05, 3.63) is 154 Å². The molecule has 12 nitrogen and oxygen atoms in total. The van der Waals surface area contributed by atoms with Gasteiger partial charge in [0.05, 0.1) is 60.8 Å². The van der Waals surface area contributed by atoms with Crippen LogP contribution in [0.15, 0.2) is 109 Å². The first-order valence-corrected chi connectivity index (χ1v) is 21.0. The van der Waals surface area contributed by atoms with Crippen LogP contribution in [0.5, 0.6) is 11.5 Å². The van der Waals surface area contributed by atoms with Crippen molar-refractivity contribution < 1.29 is 38.1 Å². The first-order chi connectivity index (χ1) is 30.8. The Kier molecular flexibility index (Phi) is 11.9. The number of rotatable bonds is 11. The van der Waals surface area contributed by atoms with Crippen LogP contribution in [0.4, 0.5) is 0 Å². The van der Waals surface area contributed by atoms with E-state index in [2.05, 4.69) is 16.5 Å². The van der Waals surface area contributed by atoms with Crippen molar-refractivity contribution in [1.82, 2.24) is 19.9 Å². The van der Waals surface area contributed by atoms with Crippen LogP contribution in [0.25, 0.3) is 44.9 Å². The summed E-state index contributed by atoms with van der Waals surface area (Å²) in [5, 5.41) is 0. The molecule has 2 atom stereocenters. The molecule has 0 saturated heterocycles. The Morgan fingerprint density at radius 2 is 1.30 bits per heavy atom. The lowest BCUT2D eigenvalue weighted by molar-refractivity contribution is -0.149. The number of para-hydroxylation sites is 2. The van der Waals surface area contributed by atoms with Gasteiger partial charge in [0, 0.05) is 27.6 Å². The average molecular weight is 857 g/mol. The van der Waals surface area contributed by atoms with Crippen molar-refractivity contribution in [2.45, 2.75) is 58.8 Å². The van der Waals surface area contributed by atoms with Gasteiger partial charge in [0.1, 0.15) is 17.4 Å². The van der Waals surface area contributed by atoms with Gasteiger partial charge in [-0.2, -0.15) is 0 Å². The summed E-state index contributed by atoms with van der Waals surface area (Å²) in [7, 11) is 2.57. The summed E-state index contributed by atoms with van der Waals surface area (Å²) in [6.07, 6.45) is 6.04. The lowest BCUT2D eigenvalue weighted by atomic mass is 9.64. The standard InChI is InChI=1S/C52H48N4O8/c1-8-34-29(2)39-25-40-30(3)35(20-23-47(57)63-32-15-11-9-12-16-32)42(53-40)27-43-36(21-24-48(58)64-33-17-13-10-14-18-33)31(4)41(54-43)26-45-38-22-19-37(50(59)61-6)49(51(60)62-7)52(38,5)46(56-45)28-44(34)55-39/h8-19,22,25-28,49,54-55H,1,20-21,23-24H2,2-7H3/t49?,52-/m0/s1. The average Bonchev–Trinajstić information content (AvgIpc) is 3.95.